The van der Waals surface area contributed by atoms with Crippen LogP contribution in [0.4, 0.5) is 0 Å². The molecule has 0 atom stereocenters. The largest absolute Gasteiger partial charge is 0.381 e. The van der Waals surface area contributed by atoms with Crippen LogP contribution in [-0.4, -0.2) is 13.2 Å². The number of ether oxygens (including phenoxy) is 1. The average Bonchev–Trinajstić information content (AvgIpc) is 2.36. The maximum Gasteiger partial charge on any atom is 0.0468 e. The van der Waals surface area contributed by atoms with Crippen LogP contribution in [0.3, 0.4) is 0 Å². The first-order chi connectivity index (χ1) is 10.6. The van der Waals surface area contributed by atoms with Gasteiger partial charge in [0.05, 0.1) is 0 Å². The third-order valence-corrected chi connectivity index (χ3v) is 2.94. The minimum absolute atomic E-state index is 0. The van der Waals surface area contributed by atoms with Gasteiger partial charge in [0.15, 0.2) is 0 Å². The van der Waals surface area contributed by atoms with E-state index in [1.54, 1.807) is 0 Å². The normalized spacial score (nSPS) is 10.2. The van der Waals surface area contributed by atoms with Crippen LogP contribution >= 0.6 is 0 Å². The topological polar surface area (TPSA) is 9.23 Å². The van der Waals surface area contributed by atoms with Crippen LogP contribution in [0.25, 0.3) is 0 Å². The third-order valence-electron chi connectivity index (χ3n) is 2.94. The summed E-state index contributed by atoms with van der Waals surface area (Å²) >= 11 is 0. The zero-order valence-corrected chi connectivity index (χ0v) is 21.2. The van der Waals surface area contributed by atoms with Crippen LogP contribution in [-0.2, 0) is 37.4 Å². The summed E-state index contributed by atoms with van der Waals surface area (Å²) in [5.41, 5.74) is 0. The molecule has 2 heteroatoms. The Kier molecular flexibility index (Phi) is 35.8. The van der Waals surface area contributed by atoms with E-state index in [9.17, 15) is 0 Å². The average molecular weight is 418 g/mol. The molecule has 0 heterocycles. The summed E-state index contributed by atoms with van der Waals surface area (Å²) in [7, 11) is 0. The van der Waals surface area contributed by atoms with Crippen molar-refractivity contribution in [3.63, 3.8) is 0 Å². The monoisotopic (exact) mass is 417 g/mol. The van der Waals surface area contributed by atoms with Gasteiger partial charge in [-0.1, -0.05) is 74.7 Å². The van der Waals surface area contributed by atoms with E-state index in [2.05, 4.69) is 69.2 Å². The zero-order valence-electron chi connectivity index (χ0n) is 18.4. The van der Waals surface area contributed by atoms with Crippen molar-refractivity contribution >= 4 is 0 Å². The summed E-state index contributed by atoms with van der Waals surface area (Å²) in [6.07, 6.45) is 7.44. The molecule has 1 radical (unpaired) electrons. The van der Waals surface area contributed by atoms with Crippen LogP contribution in [0.15, 0.2) is 0 Å². The van der Waals surface area contributed by atoms with Gasteiger partial charge in [-0.3, -0.25) is 0 Å². The molecule has 0 aromatic carbocycles. The molecule has 147 valence electrons. The summed E-state index contributed by atoms with van der Waals surface area (Å²) in [6.45, 7) is 26.8. The molecule has 0 aliphatic carbocycles. The van der Waals surface area contributed by atoms with E-state index in [0.717, 1.165) is 37.4 Å². The van der Waals surface area contributed by atoms with Crippen molar-refractivity contribution in [2.75, 3.05) is 13.2 Å². The molecule has 0 aromatic heterocycles. The quantitative estimate of drug-likeness (QED) is 0.263. The molecule has 0 bridgehead atoms. The van der Waals surface area contributed by atoms with E-state index < -0.39 is 0 Å². The fourth-order valence-electron chi connectivity index (χ4n) is 1.59. The predicted molar refractivity (Wildman–Crippen MR) is 109 cm³/mol. The first-order valence-corrected chi connectivity index (χ1v) is 9.83. The Morgan fingerprint density at radius 3 is 1.38 bits per heavy atom. The molecule has 0 rings (SSSR count). The summed E-state index contributed by atoms with van der Waals surface area (Å²) < 4.78 is 5.53. The van der Waals surface area contributed by atoms with Crippen LogP contribution in [0.2, 0.25) is 0 Å². The number of rotatable bonds is 10. The second-order valence-corrected chi connectivity index (χ2v) is 8.11. The Morgan fingerprint density at radius 2 is 1.08 bits per heavy atom. The van der Waals surface area contributed by atoms with Gasteiger partial charge in [0.2, 0.25) is 0 Å². The van der Waals surface area contributed by atoms with E-state index in [-0.39, 0.29) is 32.7 Å². The fraction of sp³-hybridized carbons (Fsp3) is 0.909. The Balaban J connectivity index is -0.000000152. The molecule has 0 saturated carbocycles. The van der Waals surface area contributed by atoms with Crippen molar-refractivity contribution in [3.8, 4) is 0 Å². The molecule has 1 nitrogen and oxygen atoms in total. The molecule has 0 amide bonds. The minimum atomic E-state index is 0. The standard InChI is InChI=1S/C12H26O.C6H13.C4H9.Y/c1-11(2)7-5-6-9-13-10-8-12(3)4;1-4-5-6(2)3;1-4(2)3;/h11-12H,5-10H2,1-4H3;6H,1,4-5H2,2-3H3;4H,1H2,2-3H3;/q;2*-1;. The van der Waals surface area contributed by atoms with Crippen molar-refractivity contribution in [2.24, 2.45) is 23.7 Å². The van der Waals surface area contributed by atoms with Gasteiger partial charge in [0.25, 0.3) is 0 Å². The van der Waals surface area contributed by atoms with Crippen molar-refractivity contribution < 1.29 is 37.4 Å². The first kappa shape index (κ1) is 32.7. The molecule has 0 aromatic rings. The van der Waals surface area contributed by atoms with Gasteiger partial charge in [0, 0.05) is 45.9 Å². The van der Waals surface area contributed by atoms with Gasteiger partial charge < -0.3 is 18.6 Å². The van der Waals surface area contributed by atoms with E-state index in [1.165, 1.54) is 32.1 Å². The number of hydrogen-bond donors (Lipinski definition) is 0. The molecular formula is C22H48OY-2. The van der Waals surface area contributed by atoms with Crippen molar-refractivity contribution in [2.45, 2.75) is 93.9 Å². The van der Waals surface area contributed by atoms with Gasteiger partial charge in [-0.05, 0) is 30.6 Å². The second kappa shape index (κ2) is 26.3. The van der Waals surface area contributed by atoms with E-state index >= 15 is 0 Å². The Morgan fingerprint density at radius 1 is 0.667 bits per heavy atom. The Bertz CT molecular complexity index is 174. The molecule has 0 spiro atoms. The van der Waals surface area contributed by atoms with Crippen LogP contribution < -0.4 is 0 Å². The summed E-state index contributed by atoms with van der Waals surface area (Å²) in [5, 5.41) is 0. The molecule has 0 N–H and O–H groups in total. The van der Waals surface area contributed by atoms with E-state index in [4.69, 9.17) is 4.74 Å². The Hall–Kier alpha value is 1.06. The molecule has 24 heavy (non-hydrogen) atoms. The van der Waals surface area contributed by atoms with Gasteiger partial charge in [-0.15, -0.1) is 0 Å². The maximum atomic E-state index is 5.53. The smallest absolute Gasteiger partial charge is 0.0468 e. The number of unbranched alkanes of at least 4 members (excludes halogenated alkanes) is 1. The maximum absolute atomic E-state index is 5.53. The molecule has 0 aliphatic heterocycles. The van der Waals surface area contributed by atoms with Gasteiger partial charge in [-0.2, -0.15) is 12.3 Å². The SMILES string of the molecule is CC(C)CCCCOCCC(C)C.[CH2-]C(C)C.[CH2-]CCC(C)C.[Y]. The summed E-state index contributed by atoms with van der Waals surface area (Å²) in [5.74, 6) is 3.04. The molecule has 0 fully saturated rings. The van der Waals surface area contributed by atoms with Gasteiger partial charge in [0.1, 0.15) is 0 Å². The van der Waals surface area contributed by atoms with Crippen LogP contribution in [0, 0.1) is 37.5 Å². The Labute approximate surface area is 181 Å². The predicted octanol–water partition coefficient (Wildman–Crippen LogP) is 7.61. The van der Waals surface area contributed by atoms with Gasteiger partial charge in [-0.25, -0.2) is 0 Å². The molecule has 0 aliphatic rings. The van der Waals surface area contributed by atoms with Crippen LogP contribution in [0.1, 0.15) is 93.9 Å². The molecule has 0 unspecified atom stereocenters. The van der Waals surface area contributed by atoms with Crippen molar-refractivity contribution in [1.82, 2.24) is 0 Å². The van der Waals surface area contributed by atoms with Gasteiger partial charge >= 0.3 is 0 Å². The van der Waals surface area contributed by atoms with E-state index in [0.29, 0.717) is 5.92 Å². The summed E-state index contributed by atoms with van der Waals surface area (Å²) in [4.78, 5) is 0. The number of hydrogen-bond acceptors (Lipinski definition) is 1. The molecule has 0 saturated heterocycles. The second-order valence-electron chi connectivity index (χ2n) is 8.11. The first-order valence-electron chi connectivity index (χ1n) is 9.83. The fourth-order valence-corrected chi connectivity index (χ4v) is 1.59. The van der Waals surface area contributed by atoms with Crippen molar-refractivity contribution in [1.29, 1.82) is 0 Å². The third kappa shape index (κ3) is 56.8. The molecular weight excluding hydrogens is 369 g/mol. The van der Waals surface area contributed by atoms with E-state index in [1.807, 2.05) is 0 Å². The zero-order chi connectivity index (χ0) is 18.7. The van der Waals surface area contributed by atoms with Crippen molar-refractivity contribution in [3.05, 3.63) is 13.8 Å². The van der Waals surface area contributed by atoms with Crippen LogP contribution in [0.5, 0.6) is 0 Å². The minimum Gasteiger partial charge on any atom is -0.381 e. The summed E-state index contributed by atoms with van der Waals surface area (Å²) in [6, 6.07) is 0.